The van der Waals surface area contributed by atoms with Gasteiger partial charge >= 0.3 is 12.0 Å². The van der Waals surface area contributed by atoms with Crippen LogP contribution >= 0.6 is 0 Å². The van der Waals surface area contributed by atoms with Gasteiger partial charge in [-0.3, -0.25) is 4.79 Å². The summed E-state index contributed by atoms with van der Waals surface area (Å²) in [5.41, 5.74) is 0. The number of carboxylic acid groups (broad SMARTS) is 1. The van der Waals surface area contributed by atoms with Crippen molar-refractivity contribution in [3.63, 3.8) is 0 Å². The van der Waals surface area contributed by atoms with Crippen LogP contribution in [0.1, 0.15) is 52.9 Å². The van der Waals surface area contributed by atoms with E-state index in [2.05, 4.69) is 13.8 Å². The molecule has 0 aromatic heterocycles. The number of hydrogen-bond acceptors (Lipinski definition) is 2. The first-order valence-electron chi connectivity index (χ1n) is 8.20. The molecule has 1 heterocycles. The van der Waals surface area contributed by atoms with Gasteiger partial charge in [0.05, 0.1) is 5.92 Å². The Balaban J connectivity index is 1.95. The molecule has 1 aliphatic carbocycles. The average molecular weight is 296 g/mol. The molecule has 0 radical (unpaired) electrons. The van der Waals surface area contributed by atoms with Gasteiger partial charge in [-0.1, -0.05) is 13.8 Å². The zero-order valence-electron chi connectivity index (χ0n) is 13.4. The van der Waals surface area contributed by atoms with E-state index in [-0.39, 0.29) is 18.0 Å². The van der Waals surface area contributed by atoms with Gasteiger partial charge in [-0.25, -0.2) is 4.79 Å². The van der Waals surface area contributed by atoms with Crippen molar-refractivity contribution in [2.24, 2.45) is 11.8 Å². The zero-order valence-corrected chi connectivity index (χ0v) is 13.4. The van der Waals surface area contributed by atoms with E-state index in [1.807, 2.05) is 16.7 Å². The number of hydrogen-bond donors (Lipinski definition) is 1. The van der Waals surface area contributed by atoms with Gasteiger partial charge in [0, 0.05) is 25.2 Å². The molecule has 2 fully saturated rings. The summed E-state index contributed by atoms with van der Waals surface area (Å²) in [6, 6.07) is 0.558. The Labute approximate surface area is 127 Å². The minimum atomic E-state index is -0.729. The van der Waals surface area contributed by atoms with Gasteiger partial charge in [-0.15, -0.1) is 0 Å². The fourth-order valence-corrected chi connectivity index (χ4v) is 3.06. The molecule has 2 rings (SSSR count). The monoisotopic (exact) mass is 296 g/mol. The number of piperidine rings is 1. The summed E-state index contributed by atoms with van der Waals surface area (Å²) in [5.74, 6) is -0.434. The van der Waals surface area contributed by atoms with Gasteiger partial charge in [0.25, 0.3) is 0 Å². The highest BCUT2D eigenvalue weighted by molar-refractivity contribution is 5.76. The maximum absolute atomic E-state index is 12.8. The second kappa shape index (κ2) is 6.67. The fraction of sp³-hybridized carbons (Fsp3) is 0.875. The van der Waals surface area contributed by atoms with Crippen molar-refractivity contribution in [1.82, 2.24) is 9.80 Å². The van der Waals surface area contributed by atoms with Gasteiger partial charge < -0.3 is 14.9 Å². The van der Waals surface area contributed by atoms with E-state index in [0.717, 1.165) is 25.8 Å². The maximum Gasteiger partial charge on any atom is 0.320 e. The lowest BCUT2D eigenvalue weighted by Gasteiger charge is -2.39. The van der Waals surface area contributed by atoms with Crippen LogP contribution in [0, 0.1) is 11.8 Å². The van der Waals surface area contributed by atoms with Crippen LogP contribution < -0.4 is 0 Å². The Kier molecular flexibility index (Phi) is 5.12. The number of aliphatic carboxylic acids is 1. The smallest absolute Gasteiger partial charge is 0.320 e. The number of carbonyl (C=O) groups excluding carboxylic acids is 1. The second-order valence-electron chi connectivity index (χ2n) is 6.99. The van der Waals surface area contributed by atoms with Crippen molar-refractivity contribution in [1.29, 1.82) is 0 Å². The van der Waals surface area contributed by atoms with Crippen LogP contribution in [0.2, 0.25) is 0 Å². The fourth-order valence-electron chi connectivity index (χ4n) is 3.06. The van der Waals surface area contributed by atoms with Gasteiger partial charge in [-0.05, 0) is 44.9 Å². The van der Waals surface area contributed by atoms with Crippen LogP contribution in [-0.2, 0) is 4.79 Å². The van der Waals surface area contributed by atoms with Gasteiger partial charge in [0.2, 0.25) is 0 Å². The Bertz CT molecular complexity index is 393. The lowest BCUT2D eigenvalue weighted by Crippen LogP contribution is -2.52. The lowest BCUT2D eigenvalue weighted by atomic mass is 9.92. The second-order valence-corrected chi connectivity index (χ2v) is 6.99. The first-order valence-corrected chi connectivity index (χ1v) is 8.20. The van der Waals surface area contributed by atoms with Gasteiger partial charge in [0.1, 0.15) is 0 Å². The maximum atomic E-state index is 12.8. The van der Waals surface area contributed by atoms with Crippen LogP contribution in [0.4, 0.5) is 4.79 Å². The lowest BCUT2D eigenvalue weighted by molar-refractivity contribution is -0.143. The highest BCUT2D eigenvalue weighted by atomic mass is 16.4. The standard InChI is InChI=1S/C16H28N2O3/c1-11(2)6-8-18(14-4-5-14)16(21)17-9-7-13(15(19)20)10-12(17)3/h11-14H,4-10H2,1-3H3,(H,19,20). The van der Waals surface area contributed by atoms with E-state index >= 15 is 0 Å². The minimum Gasteiger partial charge on any atom is -0.481 e. The van der Waals surface area contributed by atoms with Crippen molar-refractivity contribution in [3.8, 4) is 0 Å². The average Bonchev–Trinajstić information content (AvgIpc) is 3.22. The number of nitrogens with zero attached hydrogens (tertiary/aromatic N) is 2. The molecule has 1 N–H and O–H groups in total. The Morgan fingerprint density at radius 2 is 1.95 bits per heavy atom. The van der Waals surface area contributed by atoms with E-state index in [9.17, 15) is 9.59 Å². The highest BCUT2D eigenvalue weighted by Gasteiger charge is 2.38. The number of amides is 2. The Hall–Kier alpha value is -1.26. The van der Waals surface area contributed by atoms with Crippen LogP contribution in [0.25, 0.3) is 0 Å². The molecule has 2 atom stereocenters. The van der Waals surface area contributed by atoms with Gasteiger partial charge in [-0.2, -0.15) is 0 Å². The molecule has 1 saturated heterocycles. The Morgan fingerprint density at radius 3 is 2.43 bits per heavy atom. The van der Waals surface area contributed by atoms with E-state index in [1.54, 1.807) is 0 Å². The molecule has 1 saturated carbocycles. The third kappa shape index (κ3) is 4.11. The van der Waals surface area contributed by atoms with Crippen molar-refractivity contribution in [3.05, 3.63) is 0 Å². The number of likely N-dealkylation sites (tertiary alicyclic amines) is 1. The molecular weight excluding hydrogens is 268 g/mol. The summed E-state index contributed by atoms with van der Waals surface area (Å²) in [6.45, 7) is 7.72. The summed E-state index contributed by atoms with van der Waals surface area (Å²) in [4.78, 5) is 27.8. The van der Waals surface area contributed by atoms with Gasteiger partial charge in [0.15, 0.2) is 0 Å². The van der Waals surface area contributed by atoms with Crippen molar-refractivity contribution >= 4 is 12.0 Å². The van der Waals surface area contributed by atoms with E-state index < -0.39 is 5.97 Å². The molecule has 21 heavy (non-hydrogen) atoms. The summed E-state index contributed by atoms with van der Waals surface area (Å²) in [7, 11) is 0. The van der Waals surface area contributed by atoms with Crippen molar-refractivity contribution in [2.45, 2.75) is 65.0 Å². The predicted molar refractivity (Wildman–Crippen MR) is 81.1 cm³/mol. The van der Waals surface area contributed by atoms with Crippen LogP contribution in [0.5, 0.6) is 0 Å². The van der Waals surface area contributed by atoms with Crippen LogP contribution in [0.15, 0.2) is 0 Å². The van der Waals surface area contributed by atoms with Crippen molar-refractivity contribution < 1.29 is 14.7 Å². The molecule has 0 spiro atoms. The number of urea groups is 1. The number of rotatable bonds is 5. The molecule has 0 bridgehead atoms. The normalized spacial score (nSPS) is 26.0. The van der Waals surface area contributed by atoms with Crippen molar-refractivity contribution in [2.75, 3.05) is 13.1 Å². The zero-order chi connectivity index (χ0) is 15.6. The van der Waals surface area contributed by atoms with E-state index in [0.29, 0.717) is 31.3 Å². The third-order valence-corrected chi connectivity index (χ3v) is 4.65. The predicted octanol–water partition coefficient (Wildman–Crippen LogP) is 2.80. The molecule has 2 unspecified atom stereocenters. The molecule has 2 aliphatic rings. The molecule has 120 valence electrons. The quantitative estimate of drug-likeness (QED) is 0.848. The summed E-state index contributed by atoms with van der Waals surface area (Å²) >= 11 is 0. The molecule has 5 heteroatoms. The first kappa shape index (κ1) is 16.1. The van der Waals surface area contributed by atoms with Crippen LogP contribution in [-0.4, -0.2) is 52.1 Å². The molecule has 1 aliphatic heterocycles. The third-order valence-electron chi connectivity index (χ3n) is 4.65. The summed E-state index contributed by atoms with van der Waals surface area (Å²) in [5, 5.41) is 9.12. The minimum absolute atomic E-state index is 0.0210. The van der Waals surface area contributed by atoms with E-state index in [4.69, 9.17) is 5.11 Å². The molecule has 5 nitrogen and oxygen atoms in total. The number of carboxylic acids is 1. The first-order chi connectivity index (χ1) is 9.90. The largest absolute Gasteiger partial charge is 0.481 e. The molecule has 2 amide bonds. The molecule has 0 aromatic rings. The van der Waals surface area contributed by atoms with Crippen LogP contribution in [0.3, 0.4) is 0 Å². The van der Waals surface area contributed by atoms with E-state index in [1.165, 1.54) is 0 Å². The SMILES string of the molecule is CC(C)CCN(C(=O)N1CCC(C(=O)O)CC1C)C1CC1. The Morgan fingerprint density at radius 1 is 1.29 bits per heavy atom. The molecular formula is C16H28N2O3. The summed E-state index contributed by atoms with van der Waals surface area (Å²) < 4.78 is 0. The number of carbonyl (C=O) groups is 2. The summed E-state index contributed by atoms with van der Waals surface area (Å²) in [6.07, 6.45) is 4.41. The highest BCUT2D eigenvalue weighted by Crippen LogP contribution is 2.31. The topological polar surface area (TPSA) is 60.9 Å². The molecule has 0 aromatic carbocycles.